The average molecular weight is 418 g/mol. The van der Waals surface area contributed by atoms with Gasteiger partial charge in [0.2, 0.25) is 0 Å². The number of aromatic nitrogens is 3. The summed E-state index contributed by atoms with van der Waals surface area (Å²) in [6.45, 7) is 0. The summed E-state index contributed by atoms with van der Waals surface area (Å²) in [6.07, 6.45) is 2.53. The highest BCUT2D eigenvalue weighted by Crippen LogP contribution is 2.40. The summed E-state index contributed by atoms with van der Waals surface area (Å²) in [5, 5.41) is 14.9. The molecule has 0 saturated heterocycles. The van der Waals surface area contributed by atoms with Gasteiger partial charge in [-0.25, -0.2) is 23.1 Å². The molecule has 1 unspecified atom stereocenters. The number of aliphatic hydroxyl groups is 1. The summed E-state index contributed by atoms with van der Waals surface area (Å²) in [4.78, 5) is 7.68. The van der Waals surface area contributed by atoms with Crippen LogP contribution >= 0.6 is 11.6 Å². The van der Waals surface area contributed by atoms with Gasteiger partial charge in [0.05, 0.1) is 11.1 Å². The van der Waals surface area contributed by atoms with Gasteiger partial charge in [-0.3, -0.25) is 0 Å². The molecule has 4 aromatic rings. The molecule has 0 aliphatic heterocycles. The van der Waals surface area contributed by atoms with Crippen LogP contribution < -0.4 is 0 Å². The summed E-state index contributed by atoms with van der Waals surface area (Å²) >= 11 is 5.80. The third kappa shape index (κ3) is 3.59. The fraction of sp³-hybridized carbons (Fsp3) is 0.0500. The van der Waals surface area contributed by atoms with Crippen molar-refractivity contribution in [3.8, 4) is 22.6 Å². The second-order valence-corrected chi connectivity index (χ2v) is 6.53. The van der Waals surface area contributed by atoms with Crippen LogP contribution in [0.1, 0.15) is 17.2 Å². The molecule has 1 atom stereocenters. The van der Waals surface area contributed by atoms with Gasteiger partial charge in [-0.15, -0.1) is 0 Å². The second kappa shape index (κ2) is 7.65. The Morgan fingerprint density at radius 1 is 0.931 bits per heavy atom. The zero-order valence-corrected chi connectivity index (χ0v) is 15.2. The number of aliphatic hydroxyl groups excluding tert-OH is 1. The maximum absolute atomic E-state index is 14.5. The van der Waals surface area contributed by atoms with E-state index in [0.29, 0.717) is 6.07 Å². The average Bonchev–Trinajstić information content (AvgIpc) is 3.12. The molecule has 29 heavy (non-hydrogen) atoms. The van der Waals surface area contributed by atoms with Gasteiger partial charge < -0.3 is 9.63 Å². The van der Waals surface area contributed by atoms with Gasteiger partial charge in [0.25, 0.3) is 0 Å². The van der Waals surface area contributed by atoms with E-state index < -0.39 is 23.6 Å². The van der Waals surface area contributed by atoms with Crippen molar-refractivity contribution in [2.24, 2.45) is 0 Å². The first-order valence-electron chi connectivity index (χ1n) is 8.29. The SMILES string of the molecule is OC(c1cncnc1)c1c(-c2ccc(Cl)cc2F)noc1-c1ccc(F)cc1F. The molecule has 146 valence electrons. The van der Waals surface area contributed by atoms with Crippen molar-refractivity contribution in [1.82, 2.24) is 15.1 Å². The fourth-order valence-corrected chi connectivity index (χ4v) is 3.07. The molecule has 0 amide bonds. The number of rotatable bonds is 4. The highest BCUT2D eigenvalue weighted by Gasteiger charge is 2.29. The summed E-state index contributed by atoms with van der Waals surface area (Å²) in [5.74, 6) is -2.60. The van der Waals surface area contributed by atoms with Crippen LogP contribution in [0.2, 0.25) is 5.02 Å². The number of benzene rings is 2. The number of halogens is 4. The van der Waals surface area contributed by atoms with Crippen LogP contribution in [0.3, 0.4) is 0 Å². The highest BCUT2D eigenvalue weighted by atomic mass is 35.5. The molecular weight excluding hydrogens is 407 g/mol. The van der Waals surface area contributed by atoms with Crippen LogP contribution in [-0.2, 0) is 0 Å². The maximum atomic E-state index is 14.5. The van der Waals surface area contributed by atoms with Gasteiger partial charge in [0, 0.05) is 34.6 Å². The van der Waals surface area contributed by atoms with Crippen molar-refractivity contribution < 1.29 is 22.8 Å². The largest absolute Gasteiger partial charge is 0.383 e. The third-order valence-corrected chi connectivity index (χ3v) is 4.49. The van der Waals surface area contributed by atoms with Crippen molar-refractivity contribution in [3.05, 3.63) is 88.7 Å². The van der Waals surface area contributed by atoms with E-state index in [1.54, 1.807) is 0 Å². The molecule has 1 N–H and O–H groups in total. The van der Waals surface area contributed by atoms with Gasteiger partial charge in [-0.1, -0.05) is 16.8 Å². The van der Waals surface area contributed by atoms with Gasteiger partial charge in [0.15, 0.2) is 5.76 Å². The predicted octanol–water partition coefficient (Wildman–Crippen LogP) is 4.95. The van der Waals surface area contributed by atoms with Crippen molar-refractivity contribution in [2.75, 3.05) is 0 Å². The third-order valence-electron chi connectivity index (χ3n) is 4.26. The van der Waals surface area contributed by atoms with E-state index in [4.69, 9.17) is 16.1 Å². The Labute approximate surface area is 167 Å². The van der Waals surface area contributed by atoms with Gasteiger partial charge >= 0.3 is 0 Å². The van der Waals surface area contributed by atoms with Crippen LogP contribution in [0.25, 0.3) is 22.6 Å². The minimum Gasteiger partial charge on any atom is -0.383 e. The first-order valence-corrected chi connectivity index (χ1v) is 8.67. The van der Waals surface area contributed by atoms with Gasteiger partial charge in [-0.05, 0) is 30.3 Å². The number of hydrogen-bond acceptors (Lipinski definition) is 5. The van der Waals surface area contributed by atoms with Crippen molar-refractivity contribution in [3.63, 3.8) is 0 Å². The molecule has 0 fully saturated rings. The lowest BCUT2D eigenvalue weighted by molar-refractivity contribution is 0.219. The van der Waals surface area contributed by atoms with E-state index in [-0.39, 0.29) is 38.7 Å². The quantitative estimate of drug-likeness (QED) is 0.508. The second-order valence-electron chi connectivity index (χ2n) is 6.10. The van der Waals surface area contributed by atoms with Crippen LogP contribution in [0.15, 0.2) is 59.6 Å². The zero-order valence-electron chi connectivity index (χ0n) is 14.5. The van der Waals surface area contributed by atoms with E-state index in [0.717, 1.165) is 18.2 Å². The first kappa shape index (κ1) is 19.1. The van der Waals surface area contributed by atoms with E-state index in [2.05, 4.69) is 15.1 Å². The summed E-state index contributed by atoms with van der Waals surface area (Å²) in [6, 6.07) is 6.72. The summed E-state index contributed by atoms with van der Waals surface area (Å²) in [5.41, 5.74) is -0.000826. The molecular formula is C20H11ClF3N3O2. The summed E-state index contributed by atoms with van der Waals surface area (Å²) in [7, 11) is 0. The Morgan fingerprint density at radius 2 is 1.62 bits per heavy atom. The van der Waals surface area contributed by atoms with Crippen LogP contribution in [0.4, 0.5) is 13.2 Å². The lowest BCUT2D eigenvalue weighted by Gasteiger charge is -2.13. The smallest absolute Gasteiger partial charge is 0.176 e. The molecule has 2 aromatic carbocycles. The standard InChI is InChI=1S/C20H11ClF3N3O2/c21-11-1-3-13(15(23)5-11)18-17(19(28)10-7-25-9-26-8-10)20(29-27-18)14-4-2-12(22)6-16(14)24/h1-9,19,28H. The molecule has 4 rings (SSSR count). The molecule has 0 aliphatic rings. The monoisotopic (exact) mass is 417 g/mol. The maximum Gasteiger partial charge on any atom is 0.176 e. The lowest BCUT2D eigenvalue weighted by atomic mass is 9.95. The molecule has 9 heteroatoms. The molecule has 0 spiro atoms. The van der Waals surface area contributed by atoms with E-state index in [1.165, 1.54) is 30.9 Å². The minimum atomic E-state index is -1.42. The van der Waals surface area contributed by atoms with Crippen molar-refractivity contribution >= 4 is 11.6 Å². The van der Waals surface area contributed by atoms with E-state index in [9.17, 15) is 18.3 Å². The predicted molar refractivity (Wildman–Crippen MR) is 98.4 cm³/mol. The number of hydrogen-bond donors (Lipinski definition) is 1. The minimum absolute atomic E-state index is 0.0159. The Bertz CT molecular complexity index is 1120. The van der Waals surface area contributed by atoms with Crippen LogP contribution in [-0.4, -0.2) is 20.2 Å². The molecule has 2 heterocycles. The highest BCUT2D eigenvalue weighted by molar-refractivity contribution is 6.30. The summed E-state index contributed by atoms with van der Waals surface area (Å²) < 4.78 is 47.5. The lowest BCUT2D eigenvalue weighted by Crippen LogP contribution is -2.04. The Kier molecular flexibility index (Phi) is 5.04. The Hall–Kier alpha value is -3.23. The van der Waals surface area contributed by atoms with Crippen LogP contribution in [0.5, 0.6) is 0 Å². The van der Waals surface area contributed by atoms with Crippen LogP contribution in [0, 0.1) is 17.5 Å². The first-order chi connectivity index (χ1) is 14.0. The topological polar surface area (TPSA) is 72.0 Å². The molecule has 0 radical (unpaired) electrons. The molecule has 2 aromatic heterocycles. The Balaban J connectivity index is 1.96. The normalized spacial score (nSPS) is 12.2. The van der Waals surface area contributed by atoms with Crippen molar-refractivity contribution in [2.45, 2.75) is 6.10 Å². The molecule has 0 bridgehead atoms. The van der Waals surface area contributed by atoms with Crippen molar-refractivity contribution in [1.29, 1.82) is 0 Å². The Morgan fingerprint density at radius 3 is 2.31 bits per heavy atom. The zero-order chi connectivity index (χ0) is 20.5. The van der Waals surface area contributed by atoms with Gasteiger partial charge in [-0.2, -0.15) is 0 Å². The molecule has 0 aliphatic carbocycles. The van der Waals surface area contributed by atoms with E-state index >= 15 is 0 Å². The number of nitrogens with zero attached hydrogens (tertiary/aromatic N) is 3. The van der Waals surface area contributed by atoms with Gasteiger partial charge in [0.1, 0.15) is 35.6 Å². The molecule has 0 saturated carbocycles. The van der Waals surface area contributed by atoms with E-state index in [1.807, 2.05) is 0 Å². The molecule has 5 nitrogen and oxygen atoms in total. The fourth-order valence-electron chi connectivity index (χ4n) is 2.91.